The Labute approximate surface area is 148 Å². The number of ketones is 1. The number of benzene rings is 1. The maximum absolute atomic E-state index is 11.9. The average molecular weight is 353 g/mol. The van der Waals surface area contributed by atoms with Crippen molar-refractivity contribution in [2.24, 2.45) is 0 Å². The van der Waals surface area contributed by atoms with Gasteiger partial charge in [-0.1, -0.05) is 23.9 Å². The summed E-state index contributed by atoms with van der Waals surface area (Å²) in [5.74, 6) is -0.613. The Kier molecular flexibility index (Phi) is 4.72. The molecule has 0 atom stereocenters. The molecule has 7 heteroatoms. The molecule has 25 heavy (non-hydrogen) atoms. The van der Waals surface area contributed by atoms with Crippen molar-refractivity contribution in [2.45, 2.75) is 18.4 Å². The maximum atomic E-state index is 11.9. The number of rotatable bonds is 5. The number of carbonyl (C=O) groups excluding carboxylic acids is 2. The van der Waals surface area contributed by atoms with Crippen LogP contribution in [0.15, 0.2) is 35.4 Å². The van der Waals surface area contributed by atoms with Crippen molar-refractivity contribution in [2.75, 3.05) is 12.9 Å². The fraction of sp³-hybridized carbons (Fsp3) is 0.222. The maximum Gasteiger partial charge on any atom is 0.313 e. The van der Waals surface area contributed by atoms with Crippen LogP contribution in [0.25, 0.3) is 16.7 Å². The van der Waals surface area contributed by atoms with E-state index in [9.17, 15) is 14.9 Å². The highest BCUT2D eigenvalue weighted by atomic mass is 32.2. The molecule has 0 amide bonds. The average Bonchev–Trinajstić information content (AvgIpc) is 2.98. The Hall–Kier alpha value is -2.85. The van der Waals surface area contributed by atoms with Crippen molar-refractivity contribution >= 4 is 40.2 Å². The second kappa shape index (κ2) is 6.95. The smallest absolute Gasteiger partial charge is 0.313 e. The molecule has 0 aliphatic heterocycles. The molecule has 0 saturated heterocycles. The number of Topliss-reactive ketones (excluding diaryl/α,β-unsaturated/α-hetero) is 1. The Bertz CT molecular complexity index is 1030. The molecule has 2 heterocycles. The molecular weight excluding hydrogens is 338 g/mol. The lowest BCUT2D eigenvalue weighted by Gasteiger charge is -2.09. The van der Waals surface area contributed by atoms with E-state index in [1.54, 1.807) is 0 Å². The van der Waals surface area contributed by atoms with Crippen LogP contribution < -0.4 is 0 Å². The zero-order valence-electron chi connectivity index (χ0n) is 13.8. The largest absolute Gasteiger partial charge is 0.469 e. The molecule has 3 rings (SSSR count). The van der Waals surface area contributed by atoms with Crippen LogP contribution in [0.5, 0.6) is 0 Å². The fourth-order valence-corrected chi connectivity index (χ4v) is 3.58. The van der Waals surface area contributed by atoms with E-state index < -0.39 is 5.97 Å². The summed E-state index contributed by atoms with van der Waals surface area (Å²) in [4.78, 5) is 27.7. The first-order valence-corrected chi connectivity index (χ1v) is 8.56. The van der Waals surface area contributed by atoms with Gasteiger partial charge in [0, 0.05) is 0 Å². The predicted octanol–water partition coefficient (Wildman–Crippen LogP) is 2.89. The van der Waals surface area contributed by atoms with E-state index in [2.05, 4.69) is 15.8 Å². The molecule has 0 aliphatic carbocycles. The minimum Gasteiger partial charge on any atom is -0.469 e. The summed E-state index contributed by atoms with van der Waals surface area (Å²) in [6, 6.07) is 11.7. The summed E-state index contributed by atoms with van der Waals surface area (Å²) in [5.41, 5.74) is 3.55. The van der Waals surface area contributed by atoms with Gasteiger partial charge in [-0.05, 0) is 30.7 Å². The molecular formula is C18H15N3O3S. The number of carbonyl (C=O) groups is 2. The molecule has 1 aromatic carbocycles. The number of imidazole rings is 1. The molecule has 126 valence electrons. The molecule has 0 aliphatic rings. The van der Waals surface area contributed by atoms with Crippen LogP contribution in [0.3, 0.4) is 0 Å². The highest BCUT2D eigenvalue weighted by Gasteiger charge is 2.17. The summed E-state index contributed by atoms with van der Waals surface area (Å²) >= 11 is 1.32. The molecule has 2 aromatic heterocycles. The number of nitrogens with zero attached hydrogens (tertiary/aromatic N) is 3. The van der Waals surface area contributed by atoms with Crippen LogP contribution in [0.2, 0.25) is 0 Å². The van der Waals surface area contributed by atoms with E-state index in [0.29, 0.717) is 11.2 Å². The first kappa shape index (κ1) is 17.0. The molecule has 0 radical (unpaired) electrons. The van der Waals surface area contributed by atoms with Gasteiger partial charge in [0.25, 0.3) is 0 Å². The number of fused-ring (bicyclic) bond motifs is 3. The van der Waals surface area contributed by atoms with Crippen LogP contribution in [0, 0.1) is 18.3 Å². The molecule has 0 bridgehead atoms. The molecule has 0 N–H and O–H groups in total. The highest BCUT2D eigenvalue weighted by Crippen LogP contribution is 2.29. The van der Waals surface area contributed by atoms with E-state index in [0.717, 1.165) is 21.6 Å². The first-order chi connectivity index (χ1) is 12.0. The van der Waals surface area contributed by atoms with Gasteiger partial charge in [-0.2, -0.15) is 5.26 Å². The molecule has 0 spiro atoms. The van der Waals surface area contributed by atoms with E-state index in [-0.39, 0.29) is 18.0 Å². The number of aryl methyl sites for hydroxylation is 1. The van der Waals surface area contributed by atoms with E-state index >= 15 is 0 Å². The van der Waals surface area contributed by atoms with Gasteiger partial charge in [0.15, 0.2) is 11.4 Å². The molecule has 3 aromatic rings. The van der Waals surface area contributed by atoms with Crippen LogP contribution >= 0.6 is 11.8 Å². The number of hydrogen-bond donors (Lipinski definition) is 0. The Morgan fingerprint density at radius 3 is 2.84 bits per heavy atom. The van der Waals surface area contributed by atoms with Crippen molar-refractivity contribution in [3.8, 4) is 6.07 Å². The number of thioether (sulfide) groups is 1. The second-order valence-corrected chi connectivity index (χ2v) is 6.49. The lowest BCUT2D eigenvalue weighted by Crippen LogP contribution is -2.11. The van der Waals surface area contributed by atoms with E-state index in [4.69, 9.17) is 0 Å². The molecule has 0 unspecified atom stereocenters. The quantitative estimate of drug-likeness (QED) is 0.398. The number of esters is 1. The number of para-hydroxylation sites is 2. The standard InChI is InChI=1S/C18H15N3O3S/c1-11-7-16(25-10-12(22)8-17(23)24-2)21-15-6-4-3-5-14(15)20-18(21)13(11)9-19/h3-7H,8,10H2,1-2H3. The van der Waals surface area contributed by atoms with Crippen LogP contribution in [0.1, 0.15) is 17.5 Å². The van der Waals surface area contributed by atoms with Crippen molar-refractivity contribution < 1.29 is 14.3 Å². The number of methoxy groups -OCH3 is 1. The number of aromatic nitrogens is 2. The summed E-state index contributed by atoms with van der Waals surface area (Å²) in [7, 11) is 1.26. The Morgan fingerprint density at radius 1 is 1.36 bits per heavy atom. The van der Waals surface area contributed by atoms with Crippen molar-refractivity contribution in [1.29, 1.82) is 5.26 Å². The summed E-state index contributed by atoms with van der Waals surface area (Å²) in [6.07, 6.45) is -0.243. The van der Waals surface area contributed by atoms with Crippen LogP contribution in [-0.4, -0.2) is 34.0 Å². The molecule has 0 fully saturated rings. The zero-order valence-corrected chi connectivity index (χ0v) is 14.6. The third-order valence-electron chi connectivity index (χ3n) is 3.80. The van der Waals surface area contributed by atoms with Crippen molar-refractivity contribution in [3.05, 3.63) is 41.5 Å². The van der Waals surface area contributed by atoms with Gasteiger partial charge in [0.2, 0.25) is 0 Å². The predicted molar refractivity (Wildman–Crippen MR) is 94.5 cm³/mol. The van der Waals surface area contributed by atoms with Gasteiger partial charge in [0.1, 0.15) is 12.5 Å². The lowest BCUT2D eigenvalue weighted by molar-refractivity contribution is -0.142. The van der Waals surface area contributed by atoms with Gasteiger partial charge >= 0.3 is 5.97 Å². The summed E-state index contributed by atoms with van der Waals surface area (Å²) < 4.78 is 6.40. The molecule has 6 nitrogen and oxygen atoms in total. The van der Waals surface area contributed by atoms with Gasteiger partial charge in [-0.25, -0.2) is 4.98 Å². The zero-order chi connectivity index (χ0) is 18.0. The number of ether oxygens (including phenoxy) is 1. The van der Waals surface area contributed by atoms with Crippen molar-refractivity contribution in [1.82, 2.24) is 9.38 Å². The van der Waals surface area contributed by atoms with Gasteiger partial charge in [-0.3, -0.25) is 14.0 Å². The Morgan fingerprint density at radius 2 is 2.12 bits per heavy atom. The minimum atomic E-state index is -0.542. The van der Waals surface area contributed by atoms with Crippen LogP contribution in [-0.2, 0) is 14.3 Å². The van der Waals surface area contributed by atoms with Crippen LogP contribution in [0.4, 0.5) is 0 Å². The van der Waals surface area contributed by atoms with Crippen molar-refractivity contribution in [3.63, 3.8) is 0 Å². The summed E-state index contributed by atoms with van der Waals surface area (Å²) in [6.45, 7) is 1.85. The normalized spacial score (nSPS) is 10.8. The monoisotopic (exact) mass is 353 g/mol. The van der Waals surface area contributed by atoms with Gasteiger partial charge in [0.05, 0.1) is 34.5 Å². The molecule has 0 saturated carbocycles. The Balaban J connectivity index is 2.05. The third kappa shape index (κ3) is 3.21. The fourth-order valence-electron chi connectivity index (χ4n) is 2.60. The second-order valence-electron chi connectivity index (χ2n) is 5.49. The first-order valence-electron chi connectivity index (χ1n) is 7.57. The number of pyridine rings is 1. The highest BCUT2D eigenvalue weighted by molar-refractivity contribution is 7.99. The SMILES string of the molecule is COC(=O)CC(=O)CSc1cc(C)c(C#N)c2nc3ccccc3n12. The minimum absolute atomic E-state index is 0.141. The van der Waals surface area contributed by atoms with Gasteiger partial charge < -0.3 is 4.74 Å². The third-order valence-corrected chi connectivity index (χ3v) is 4.86. The van der Waals surface area contributed by atoms with E-state index in [1.165, 1.54) is 18.9 Å². The topological polar surface area (TPSA) is 84.5 Å². The summed E-state index contributed by atoms with van der Waals surface area (Å²) in [5, 5.41) is 10.3. The lowest BCUT2D eigenvalue weighted by atomic mass is 10.2. The van der Waals surface area contributed by atoms with E-state index in [1.807, 2.05) is 41.7 Å². The van der Waals surface area contributed by atoms with Gasteiger partial charge in [-0.15, -0.1) is 0 Å². The number of hydrogen-bond acceptors (Lipinski definition) is 6. The number of nitriles is 1.